The van der Waals surface area contributed by atoms with Crippen molar-refractivity contribution in [3.63, 3.8) is 0 Å². The van der Waals surface area contributed by atoms with Crippen LogP contribution in [0.1, 0.15) is 58.3 Å². The lowest BCUT2D eigenvalue weighted by Gasteiger charge is -2.20. The molecule has 1 unspecified atom stereocenters. The van der Waals surface area contributed by atoms with E-state index in [4.69, 9.17) is 5.21 Å². The quantitative estimate of drug-likeness (QED) is 0.415. The first-order valence-corrected chi connectivity index (χ1v) is 9.49. The maximum Gasteiger partial charge on any atom is 0.0700 e. The maximum atomic E-state index is 9.12. The molecule has 0 heterocycles. The van der Waals surface area contributed by atoms with E-state index in [-0.39, 0.29) is 0 Å². The topological polar surface area (TPSA) is 32.6 Å². The van der Waals surface area contributed by atoms with Crippen LogP contribution in [-0.2, 0) is 0 Å². The van der Waals surface area contributed by atoms with E-state index in [0.717, 1.165) is 12.1 Å². The molecule has 4 heteroatoms. The van der Waals surface area contributed by atoms with E-state index >= 15 is 0 Å². The summed E-state index contributed by atoms with van der Waals surface area (Å²) in [5.74, 6) is 3.72. The molecule has 1 atom stereocenters. The Kier molecular flexibility index (Phi) is 9.95. The van der Waals surface area contributed by atoms with Crippen molar-refractivity contribution in [2.24, 2.45) is 5.16 Å². The number of thioether (sulfide) groups is 2. The van der Waals surface area contributed by atoms with Crippen LogP contribution in [0.4, 0.5) is 0 Å². The second-order valence-corrected chi connectivity index (χ2v) is 7.40. The smallest absolute Gasteiger partial charge is 0.0700 e. The number of rotatable bonds is 7. The highest BCUT2D eigenvalue weighted by Gasteiger charge is 2.18. The minimum atomic E-state index is 0.474. The van der Waals surface area contributed by atoms with Crippen molar-refractivity contribution in [1.82, 2.24) is 0 Å². The summed E-state index contributed by atoms with van der Waals surface area (Å²) >= 11 is 4.06. The second kappa shape index (κ2) is 11.0. The van der Waals surface area contributed by atoms with Crippen molar-refractivity contribution in [3.8, 4) is 0 Å². The van der Waals surface area contributed by atoms with Crippen molar-refractivity contribution in [3.05, 3.63) is 0 Å². The van der Waals surface area contributed by atoms with Gasteiger partial charge in [0.15, 0.2) is 0 Å². The summed E-state index contributed by atoms with van der Waals surface area (Å²) in [4.78, 5) is 0. The lowest BCUT2D eigenvalue weighted by Crippen LogP contribution is -2.20. The lowest BCUT2D eigenvalue weighted by molar-refractivity contribution is 0.315. The van der Waals surface area contributed by atoms with Crippen LogP contribution in [-0.4, -0.2) is 33.4 Å². The van der Waals surface area contributed by atoms with Crippen molar-refractivity contribution in [2.75, 3.05) is 17.3 Å². The first-order chi connectivity index (χ1) is 8.88. The minimum Gasteiger partial charge on any atom is -0.411 e. The highest BCUT2D eigenvalue weighted by Crippen LogP contribution is 2.26. The Hall–Kier alpha value is 0.170. The minimum absolute atomic E-state index is 0.474. The summed E-state index contributed by atoms with van der Waals surface area (Å²) < 4.78 is 0. The van der Waals surface area contributed by atoms with Crippen molar-refractivity contribution in [2.45, 2.75) is 63.5 Å². The van der Waals surface area contributed by atoms with Crippen molar-refractivity contribution >= 4 is 29.2 Å². The summed E-state index contributed by atoms with van der Waals surface area (Å²) in [7, 11) is 0. The summed E-state index contributed by atoms with van der Waals surface area (Å²) in [6, 6.07) is 0. The normalized spacial score (nSPS) is 23.8. The molecular weight excluding hydrogens is 262 g/mol. The van der Waals surface area contributed by atoms with Crippen molar-refractivity contribution < 1.29 is 5.21 Å². The predicted molar refractivity (Wildman–Crippen MR) is 85.4 cm³/mol. The van der Waals surface area contributed by atoms with Crippen LogP contribution in [0.2, 0.25) is 0 Å². The number of oxime groups is 1. The van der Waals surface area contributed by atoms with Crippen LogP contribution in [0.5, 0.6) is 0 Å². The fourth-order valence-corrected chi connectivity index (χ4v) is 4.74. The third-order valence-electron chi connectivity index (χ3n) is 3.34. The molecule has 0 bridgehead atoms. The summed E-state index contributed by atoms with van der Waals surface area (Å²) in [5, 5.41) is 13.1. The van der Waals surface area contributed by atoms with Gasteiger partial charge in [0.1, 0.15) is 0 Å². The van der Waals surface area contributed by atoms with Crippen LogP contribution in [0, 0.1) is 0 Å². The van der Waals surface area contributed by atoms with E-state index in [1.807, 2.05) is 11.8 Å². The van der Waals surface area contributed by atoms with Gasteiger partial charge in [-0.3, -0.25) is 0 Å². The molecule has 18 heavy (non-hydrogen) atoms. The van der Waals surface area contributed by atoms with Crippen LogP contribution < -0.4 is 0 Å². The molecule has 2 nitrogen and oxygen atoms in total. The lowest BCUT2D eigenvalue weighted by atomic mass is 9.99. The highest BCUT2D eigenvalue weighted by atomic mass is 32.2. The van der Waals surface area contributed by atoms with Gasteiger partial charge in [-0.05, 0) is 31.4 Å². The third-order valence-corrected chi connectivity index (χ3v) is 6.02. The zero-order valence-electron chi connectivity index (χ0n) is 11.6. The van der Waals surface area contributed by atoms with Gasteiger partial charge < -0.3 is 5.21 Å². The fourth-order valence-electron chi connectivity index (χ4n) is 2.21. The molecule has 1 saturated carbocycles. The van der Waals surface area contributed by atoms with Gasteiger partial charge in [-0.1, -0.05) is 37.8 Å². The summed E-state index contributed by atoms with van der Waals surface area (Å²) in [6.45, 7) is 2.24. The zero-order valence-corrected chi connectivity index (χ0v) is 13.2. The number of hydrogen-bond donors (Lipinski definition) is 1. The molecule has 0 amide bonds. The first-order valence-electron chi connectivity index (χ1n) is 7.28. The Labute approximate surface area is 120 Å². The van der Waals surface area contributed by atoms with Crippen LogP contribution in [0.15, 0.2) is 5.16 Å². The molecule has 1 aliphatic rings. The van der Waals surface area contributed by atoms with E-state index < -0.39 is 0 Å². The zero-order chi connectivity index (χ0) is 13.1. The molecule has 1 N–H and O–H groups in total. The van der Waals surface area contributed by atoms with Crippen LogP contribution in [0.25, 0.3) is 0 Å². The molecule has 1 fully saturated rings. The van der Waals surface area contributed by atoms with Gasteiger partial charge in [-0.15, -0.1) is 0 Å². The third kappa shape index (κ3) is 6.93. The maximum absolute atomic E-state index is 9.12. The van der Waals surface area contributed by atoms with Gasteiger partial charge in [0.2, 0.25) is 0 Å². The highest BCUT2D eigenvalue weighted by molar-refractivity contribution is 8.03. The molecule has 0 aliphatic heterocycles. The Bertz CT molecular complexity index is 234. The average molecular weight is 290 g/mol. The molecule has 1 rings (SSSR count). The predicted octanol–water partition coefficient (Wildman–Crippen LogP) is 4.81. The molecule has 0 aromatic carbocycles. The molecule has 0 spiro atoms. The van der Waals surface area contributed by atoms with Gasteiger partial charge in [0, 0.05) is 16.8 Å². The molecular formula is C14H27NOS2. The van der Waals surface area contributed by atoms with E-state index in [2.05, 4.69) is 23.8 Å². The Morgan fingerprint density at radius 2 is 2.00 bits per heavy atom. The van der Waals surface area contributed by atoms with Gasteiger partial charge in [-0.25, -0.2) is 0 Å². The van der Waals surface area contributed by atoms with Gasteiger partial charge in [0.05, 0.1) is 5.71 Å². The van der Waals surface area contributed by atoms with Crippen LogP contribution in [0.3, 0.4) is 0 Å². The Morgan fingerprint density at radius 1 is 1.17 bits per heavy atom. The van der Waals surface area contributed by atoms with Crippen molar-refractivity contribution in [1.29, 1.82) is 0 Å². The molecule has 1 aliphatic carbocycles. The molecule has 0 radical (unpaired) electrons. The number of hydrogen-bond acceptors (Lipinski definition) is 4. The monoisotopic (exact) mass is 289 g/mol. The SMILES string of the molecule is CCCCSCCSC1CCCCCC/C1=N\O. The molecule has 0 aromatic rings. The summed E-state index contributed by atoms with van der Waals surface area (Å²) in [6.07, 6.45) is 9.96. The number of nitrogens with zero attached hydrogens (tertiary/aromatic N) is 1. The molecule has 0 aromatic heterocycles. The molecule has 106 valence electrons. The average Bonchev–Trinajstić information content (AvgIpc) is 2.36. The fraction of sp³-hybridized carbons (Fsp3) is 0.929. The number of unbranched alkanes of at least 4 members (excludes halogenated alkanes) is 1. The van der Waals surface area contributed by atoms with Crippen LogP contribution >= 0.6 is 23.5 Å². The van der Waals surface area contributed by atoms with Gasteiger partial charge >= 0.3 is 0 Å². The van der Waals surface area contributed by atoms with E-state index in [9.17, 15) is 0 Å². The van der Waals surface area contributed by atoms with E-state index in [1.54, 1.807) is 0 Å². The molecule has 0 saturated heterocycles. The standard InChI is InChI=1S/C14H27NOS2/c1-2-3-10-17-11-12-18-14-9-7-5-4-6-8-13(14)15-16/h14,16H,2-12H2,1H3/b15-13+. The Morgan fingerprint density at radius 3 is 2.78 bits per heavy atom. The van der Waals surface area contributed by atoms with E-state index in [0.29, 0.717) is 5.25 Å². The second-order valence-electron chi connectivity index (χ2n) is 4.87. The summed E-state index contributed by atoms with van der Waals surface area (Å²) in [5.41, 5.74) is 1.04. The first kappa shape index (κ1) is 16.2. The van der Waals surface area contributed by atoms with Gasteiger partial charge in [0.25, 0.3) is 0 Å². The largest absolute Gasteiger partial charge is 0.411 e. The van der Waals surface area contributed by atoms with Gasteiger partial charge in [-0.2, -0.15) is 23.5 Å². The Balaban J connectivity index is 2.19. The van der Waals surface area contributed by atoms with E-state index in [1.165, 1.54) is 62.2 Å².